The fourth-order valence-electron chi connectivity index (χ4n) is 3.41. The van der Waals surface area contributed by atoms with Gasteiger partial charge in [0.05, 0.1) is 5.54 Å². The summed E-state index contributed by atoms with van der Waals surface area (Å²) in [6.07, 6.45) is 3.19. The molecule has 0 spiro atoms. The van der Waals surface area contributed by atoms with Gasteiger partial charge in [-0.1, -0.05) is 0 Å². The monoisotopic (exact) mass is 305 g/mol. The lowest BCUT2D eigenvalue weighted by Crippen LogP contribution is -2.61. The maximum atomic E-state index is 13.0. The van der Waals surface area contributed by atoms with E-state index in [1.54, 1.807) is 12.1 Å². The number of piperazine rings is 1. The maximum Gasteiger partial charge on any atom is 0.242 e. The number of piperidine rings is 1. The summed E-state index contributed by atoms with van der Waals surface area (Å²) in [5, 5.41) is 3.40. The molecule has 0 saturated carbocycles. The summed E-state index contributed by atoms with van der Waals surface area (Å²) >= 11 is 0. The fraction of sp³-hybridized carbons (Fsp3) is 0.588. The molecule has 0 bridgehead atoms. The van der Waals surface area contributed by atoms with Crippen LogP contribution >= 0.6 is 0 Å². The van der Waals surface area contributed by atoms with Crippen molar-refractivity contribution in [3.63, 3.8) is 0 Å². The number of carbonyl (C=O) groups is 1. The molecule has 0 radical (unpaired) electrons. The van der Waals surface area contributed by atoms with Gasteiger partial charge in [-0.05, 0) is 57.0 Å². The summed E-state index contributed by atoms with van der Waals surface area (Å²) in [5.74, 6) is 0.0137. The van der Waals surface area contributed by atoms with Crippen LogP contribution in [-0.4, -0.2) is 49.1 Å². The number of nitrogens with one attached hydrogen (secondary N) is 1. The zero-order valence-electron chi connectivity index (χ0n) is 13.1. The Kier molecular flexibility index (Phi) is 4.34. The van der Waals surface area contributed by atoms with Crippen molar-refractivity contribution in [2.75, 3.05) is 37.6 Å². The highest BCUT2D eigenvalue weighted by Gasteiger charge is 2.38. The Balaban J connectivity index is 1.59. The van der Waals surface area contributed by atoms with Crippen molar-refractivity contribution in [2.24, 2.45) is 0 Å². The molecule has 1 aromatic carbocycles. The molecule has 1 aromatic rings. The summed E-state index contributed by atoms with van der Waals surface area (Å²) < 4.78 is 13.0. The van der Waals surface area contributed by atoms with Gasteiger partial charge in [-0.2, -0.15) is 0 Å². The third-order valence-electron chi connectivity index (χ3n) is 4.85. The number of benzene rings is 1. The second-order valence-electron chi connectivity index (χ2n) is 6.47. The first kappa shape index (κ1) is 15.3. The van der Waals surface area contributed by atoms with E-state index in [9.17, 15) is 9.18 Å². The molecule has 0 aliphatic carbocycles. The van der Waals surface area contributed by atoms with Crippen LogP contribution in [0.1, 0.15) is 26.2 Å². The van der Waals surface area contributed by atoms with Gasteiger partial charge in [0, 0.05) is 31.9 Å². The lowest BCUT2D eigenvalue weighted by atomic mass is 9.89. The minimum atomic E-state index is -0.393. The summed E-state index contributed by atoms with van der Waals surface area (Å²) in [4.78, 5) is 16.9. The Morgan fingerprint density at radius 2 is 1.82 bits per heavy atom. The third kappa shape index (κ3) is 3.09. The van der Waals surface area contributed by atoms with E-state index in [1.165, 1.54) is 12.1 Å². The van der Waals surface area contributed by atoms with E-state index in [0.29, 0.717) is 0 Å². The summed E-state index contributed by atoms with van der Waals surface area (Å²) in [6, 6.07) is 6.58. The summed E-state index contributed by atoms with van der Waals surface area (Å²) in [7, 11) is 0. The molecule has 2 aliphatic heterocycles. The Morgan fingerprint density at radius 1 is 1.14 bits per heavy atom. The van der Waals surface area contributed by atoms with Crippen LogP contribution in [-0.2, 0) is 4.79 Å². The van der Waals surface area contributed by atoms with Gasteiger partial charge in [0.2, 0.25) is 5.91 Å². The zero-order valence-corrected chi connectivity index (χ0v) is 13.1. The molecule has 0 aromatic heterocycles. The molecule has 1 unspecified atom stereocenters. The van der Waals surface area contributed by atoms with Crippen molar-refractivity contribution in [3.05, 3.63) is 30.1 Å². The number of amides is 1. The molecule has 5 heteroatoms. The number of halogens is 1. The number of rotatable bonds is 2. The van der Waals surface area contributed by atoms with E-state index in [4.69, 9.17) is 0 Å². The van der Waals surface area contributed by atoms with Crippen LogP contribution in [0.3, 0.4) is 0 Å². The Labute approximate surface area is 131 Å². The first-order valence-corrected chi connectivity index (χ1v) is 8.13. The van der Waals surface area contributed by atoms with Crippen LogP contribution in [0.2, 0.25) is 0 Å². The smallest absolute Gasteiger partial charge is 0.242 e. The number of anilines is 1. The molecule has 120 valence electrons. The molecule has 3 rings (SSSR count). The van der Waals surface area contributed by atoms with Gasteiger partial charge in [0.15, 0.2) is 0 Å². The molecule has 2 aliphatic rings. The highest BCUT2D eigenvalue weighted by atomic mass is 19.1. The van der Waals surface area contributed by atoms with E-state index < -0.39 is 5.54 Å². The number of hydrogen-bond acceptors (Lipinski definition) is 3. The Morgan fingerprint density at radius 3 is 2.41 bits per heavy atom. The van der Waals surface area contributed by atoms with E-state index in [1.807, 2.05) is 11.8 Å². The van der Waals surface area contributed by atoms with Crippen molar-refractivity contribution in [3.8, 4) is 0 Å². The van der Waals surface area contributed by atoms with E-state index in [-0.39, 0.29) is 11.7 Å². The van der Waals surface area contributed by atoms with Crippen LogP contribution in [0.5, 0.6) is 0 Å². The lowest BCUT2D eigenvalue weighted by Gasteiger charge is -2.42. The van der Waals surface area contributed by atoms with Crippen LogP contribution in [0.15, 0.2) is 24.3 Å². The molecular formula is C17H24FN3O. The Hall–Kier alpha value is -1.62. The minimum absolute atomic E-state index is 0.214. The highest BCUT2D eigenvalue weighted by molar-refractivity contribution is 5.86. The molecule has 22 heavy (non-hydrogen) atoms. The quantitative estimate of drug-likeness (QED) is 0.908. The molecule has 1 amide bonds. The molecular weight excluding hydrogens is 281 g/mol. The second kappa shape index (κ2) is 6.24. The maximum absolute atomic E-state index is 13.0. The second-order valence-corrected chi connectivity index (χ2v) is 6.47. The zero-order chi connectivity index (χ0) is 15.6. The molecule has 2 fully saturated rings. The fourth-order valence-corrected chi connectivity index (χ4v) is 3.41. The lowest BCUT2D eigenvalue weighted by molar-refractivity contribution is -0.139. The van der Waals surface area contributed by atoms with Crippen LogP contribution < -0.4 is 10.2 Å². The third-order valence-corrected chi connectivity index (χ3v) is 4.85. The molecule has 1 N–H and O–H groups in total. The van der Waals surface area contributed by atoms with Crippen molar-refractivity contribution < 1.29 is 9.18 Å². The van der Waals surface area contributed by atoms with Crippen LogP contribution in [0.25, 0.3) is 0 Å². The standard InChI is InChI=1S/C17H24FN3O/c1-17(8-2-3-9-19-17)16(22)21-12-10-20(11-13-21)15-6-4-14(18)5-7-15/h4-7,19H,2-3,8-13H2,1H3. The topological polar surface area (TPSA) is 35.6 Å². The molecule has 1 atom stereocenters. The van der Waals surface area contributed by atoms with Crippen LogP contribution in [0.4, 0.5) is 10.1 Å². The predicted octanol–water partition coefficient (Wildman–Crippen LogP) is 2.01. The predicted molar refractivity (Wildman–Crippen MR) is 85.5 cm³/mol. The van der Waals surface area contributed by atoms with Crippen molar-refractivity contribution >= 4 is 11.6 Å². The first-order chi connectivity index (χ1) is 10.6. The van der Waals surface area contributed by atoms with Gasteiger partial charge >= 0.3 is 0 Å². The van der Waals surface area contributed by atoms with Gasteiger partial charge in [-0.25, -0.2) is 4.39 Å². The van der Waals surface area contributed by atoms with Gasteiger partial charge < -0.3 is 15.1 Å². The summed E-state index contributed by atoms with van der Waals surface area (Å²) in [6.45, 7) is 6.01. The molecule has 2 heterocycles. The van der Waals surface area contributed by atoms with E-state index >= 15 is 0 Å². The molecule has 2 saturated heterocycles. The van der Waals surface area contributed by atoms with Gasteiger partial charge in [0.1, 0.15) is 5.82 Å². The van der Waals surface area contributed by atoms with Crippen LogP contribution in [0, 0.1) is 5.82 Å². The molecule has 4 nitrogen and oxygen atoms in total. The Bertz CT molecular complexity index is 517. The SMILES string of the molecule is CC1(C(=O)N2CCN(c3ccc(F)cc3)CC2)CCCCN1. The summed E-state index contributed by atoms with van der Waals surface area (Å²) in [5.41, 5.74) is 0.631. The van der Waals surface area contributed by atoms with Gasteiger partial charge in [0.25, 0.3) is 0 Å². The van der Waals surface area contributed by atoms with Gasteiger partial charge in [-0.15, -0.1) is 0 Å². The van der Waals surface area contributed by atoms with Crippen molar-refractivity contribution in [2.45, 2.75) is 31.7 Å². The van der Waals surface area contributed by atoms with E-state index in [0.717, 1.165) is 57.7 Å². The van der Waals surface area contributed by atoms with Crippen molar-refractivity contribution in [1.29, 1.82) is 0 Å². The average molecular weight is 305 g/mol. The van der Waals surface area contributed by atoms with Crippen molar-refractivity contribution in [1.82, 2.24) is 10.2 Å². The highest BCUT2D eigenvalue weighted by Crippen LogP contribution is 2.23. The number of nitrogens with zero attached hydrogens (tertiary/aromatic N) is 2. The number of hydrogen-bond donors (Lipinski definition) is 1. The normalized spacial score (nSPS) is 26.1. The van der Waals surface area contributed by atoms with E-state index in [2.05, 4.69) is 10.2 Å². The minimum Gasteiger partial charge on any atom is -0.368 e. The number of carbonyl (C=O) groups excluding carboxylic acids is 1. The first-order valence-electron chi connectivity index (χ1n) is 8.13. The van der Waals surface area contributed by atoms with Gasteiger partial charge in [-0.3, -0.25) is 4.79 Å². The average Bonchev–Trinajstić information content (AvgIpc) is 2.56. The largest absolute Gasteiger partial charge is 0.368 e.